The van der Waals surface area contributed by atoms with Crippen molar-refractivity contribution in [1.82, 2.24) is 19.7 Å². The van der Waals surface area contributed by atoms with Crippen LogP contribution in [-0.4, -0.2) is 57.0 Å². The van der Waals surface area contributed by atoms with Crippen molar-refractivity contribution in [1.29, 1.82) is 0 Å². The first-order chi connectivity index (χ1) is 21.5. The van der Waals surface area contributed by atoms with E-state index in [1.54, 1.807) is 11.3 Å². The van der Waals surface area contributed by atoms with Gasteiger partial charge in [0.25, 0.3) is 0 Å². The Hall–Kier alpha value is -3.30. The highest BCUT2D eigenvalue weighted by atomic mass is 35.5. The fourth-order valence-electron chi connectivity index (χ4n) is 6.36. The molecule has 7 nitrogen and oxygen atoms in total. The third-order valence-electron chi connectivity index (χ3n) is 9.02. The third kappa shape index (κ3) is 5.67. The van der Waals surface area contributed by atoms with Crippen LogP contribution in [0.4, 0.5) is 0 Å². The second-order valence-corrected chi connectivity index (χ2v) is 14.8. The molecule has 0 spiro atoms. The average molecular weight is 643 g/mol. The summed E-state index contributed by atoms with van der Waals surface area (Å²) in [5.41, 5.74) is 8.08. The van der Waals surface area contributed by atoms with E-state index in [9.17, 15) is 4.79 Å². The molecule has 5 aromatic rings. The van der Waals surface area contributed by atoms with Crippen LogP contribution in [0, 0.1) is 6.92 Å². The Morgan fingerprint density at radius 1 is 1.09 bits per heavy atom. The number of thiazole rings is 1. The van der Waals surface area contributed by atoms with Crippen molar-refractivity contribution in [3.63, 3.8) is 0 Å². The average Bonchev–Trinajstić information content (AvgIpc) is 3.60. The molecule has 1 atom stereocenters. The van der Waals surface area contributed by atoms with Crippen molar-refractivity contribution in [2.75, 3.05) is 19.7 Å². The van der Waals surface area contributed by atoms with Gasteiger partial charge >= 0.3 is 5.97 Å². The van der Waals surface area contributed by atoms with E-state index in [-0.39, 0.29) is 17.6 Å². The normalized spacial score (nSPS) is 16.8. The van der Waals surface area contributed by atoms with Crippen molar-refractivity contribution >= 4 is 50.0 Å². The number of esters is 1. The lowest BCUT2D eigenvalue weighted by Crippen LogP contribution is -2.54. The Balaban J connectivity index is 1.36. The number of nitrogens with zero attached hydrogens (tertiary/aromatic N) is 4. The zero-order valence-corrected chi connectivity index (χ0v) is 28.3. The molecule has 7 rings (SSSR count). The first-order valence-corrected chi connectivity index (χ1v) is 17.0. The summed E-state index contributed by atoms with van der Waals surface area (Å²) in [6, 6.07) is 16.4. The highest BCUT2D eigenvalue weighted by Gasteiger charge is 2.38. The summed E-state index contributed by atoms with van der Waals surface area (Å²) in [4.78, 5) is 21.1. The molecular formula is C36H39ClN4O3S. The van der Waals surface area contributed by atoms with Gasteiger partial charge in [-0.1, -0.05) is 23.7 Å². The number of hydrogen-bond donors (Lipinski definition) is 0. The summed E-state index contributed by atoms with van der Waals surface area (Å²) in [6.07, 6.45) is 1.15. The molecule has 2 aromatic heterocycles. The van der Waals surface area contributed by atoms with Gasteiger partial charge < -0.3 is 9.47 Å². The van der Waals surface area contributed by atoms with E-state index in [1.165, 1.54) is 5.39 Å². The first-order valence-electron chi connectivity index (χ1n) is 15.8. The lowest BCUT2D eigenvalue weighted by molar-refractivity contribution is -0.158. The Morgan fingerprint density at radius 2 is 1.80 bits per heavy atom. The highest BCUT2D eigenvalue weighted by Crippen LogP contribution is 2.46. The number of aromatic nitrogens is 3. The quantitative estimate of drug-likeness (QED) is 0.158. The lowest BCUT2D eigenvalue weighted by Gasteiger charge is -2.47. The minimum Gasteiger partial charge on any atom is -0.464 e. The van der Waals surface area contributed by atoms with Crippen molar-refractivity contribution in [3.8, 4) is 21.7 Å². The maximum atomic E-state index is 13.4. The molecule has 45 heavy (non-hydrogen) atoms. The van der Waals surface area contributed by atoms with E-state index >= 15 is 0 Å². The van der Waals surface area contributed by atoms with Crippen LogP contribution < -0.4 is 0 Å². The van der Waals surface area contributed by atoms with Crippen molar-refractivity contribution in [2.45, 2.75) is 71.1 Å². The maximum Gasteiger partial charge on any atom is 0.339 e. The van der Waals surface area contributed by atoms with Gasteiger partial charge in [0, 0.05) is 58.7 Å². The van der Waals surface area contributed by atoms with Crippen LogP contribution in [0.15, 0.2) is 48.5 Å². The van der Waals surface area contributed by atoms with Crippen LogP contribution in [0.25, 0.3) is 42.8 Å². The van der Waals surface area contributed by atoms with Gasteiger partial charge in [0.1, 0.15) is 5.01 Å². The van der Waals surface area contributed by atoms with Crippen molar-refractivity contribution < 1.29 is 14.3 Å². The number of likely N-dealkylation sites (tertiary alicyclic amines) is 1. The van der Waals surface area contributed by atoms with E-state index in [0.717, 1.165) is 80.2 Å². The van der Waals surface area contributed by atoms with Crippen LogP contribution >= 0.6 is 22.9 Å². The Morgan fingerprint density at radius 3 is 2.47 bits per heavy atom. The molecule has 1 saturated heterocycles. The molecule has 0 radical (unpaired) electrons. The molecular weight excluding hydrogens is 604 g/mol. The van der Waals surface area contributed by atoms with Crippen molar-refractivity contribution in [2.24, 2.45) is 7.05 Å². The molecule has 1 saturated carbocycles. The SMILES string of the molecule is CCOC(=O)[C@@H](OC1CC1)c1c(C)cc2nc(-c3ccc4c(c3)c(C3CN(C(C)(C)C)C3)nn4C)sc2c1-c1ccc(Cl)cc1. The molecule has 1 aliphatic carbocycles. The molecule has 3 heterocycles. The van der Waals surface area contributed by atoms with Crippen LogP contribution in [0.2, 0.25) is 5.02 Å². The van der Waals surface area contributed by atoms with E-state index in [2.05, 4.69) is 49.9 Å². The predicted molar refractivity (Wildman–Crippen MR) is 182 cm³/mol. The zero-order chi connectivity index (χ0) is 31.6. The van der Waals surface area contributed by atoms with Crippen LogP contribution in [0.3, 0.4) is 0 Å². The van der Waals surface area contributed by atoms with Crippen LogP contribution in [0.5, 0.6) is 0 Å². The van der Waals surface area contributed by atoms with E-state index in [4.69, 9.17) is 31.2 Å². The summed E-state index contributed by atoms with van der Waals surface area (Å²) in [5, 5.41) is 7.74. The molecule has 0 unspecified atom stereocenters. The largest absolute Gasteiger partial charge is 0.464 e. The summed E-state index contributed by atoms with van der Waals surface area (Å²) >= 11 is 7.96. The molecule has 2 fully saturated rings. The molecule has 1 aliphatic heterocycles. The zero-order valence-electron chi connectivity index (χ0n) is 26.7. The van der Waals surface area contributed by atoms with Gasteiger partial charge in [0.05, 0.1) is 34.1 Å². The second kappa shape index (κ2) is 11.5. The number of rotatable bonds is 8. The second-order valence-electron chi connectivity index (χ2n) is 13.3. The first kappa shape index (κ1) is 30.4. The molecule has 9 heteroatoms. The monoisotopic (exact) mass is 642 g/mol. The Labute approximate surface area is 273 Å². The van der Waals surface area contributed by atoms with E-state index in [0.29, 0.717) is 17.5 Å². The number of carbonyl (C=O) groups is 1. The summed E-state index contributed by atoms with van der Waals surface area (Å²) in [6.45, 7) is 13.0. The number of hydrogen-bond acceptors (Lipinski definition) is 7. The van der Waals surface area contributed by atoms with Gasteiger partial charge in [0.2, 0.25) is 0 Å². The number of aryl methyl sites for hydroxylation is 2. The smallest absolute Gasteiger partial charge is 0.339 e. The molecule has 234 valence electrons. The molecule has 0 N–H and O–H groups in total. The highest BCUT2D eigenvalue weighted by molar-refractivity contribution is 7.22. The van der Waals surface area contributed by atoms with E-state index in [1.807, 2.05) is 49.8 Å². The van der Waals surface area contributed by atoms with Gasteiger partial charge in [-0.3, -0.25) is 9.58 Å². The fourth-order valence-corrected chi connectivity index (χ4v) is 7.61. The van der Waals surface area contributed by atoms with Crippen LogP contribution in [0.1, 0.15) is 69.4 Å². The van der Waals surface area contributed by atoms with E-state index < -0.39 is 6.10 Å². The lowest BCUT2D eigenvalue weighted by atomic mass is 9.88. The Bertz CT molecular complexity index is 1910. The fraction of sp³-hybridized carbons (Fsp3) is 0.417. The van der Waals surface area contributed by atoms with Gasteiger partial charge in [0.15, 0.2) is 6.10 Å². The third-order valence-corrected chi connectivity index (χ3v) is 10.4. The standard InChI is InChI=1S/C36H39ClN4O3S/c1-7-43-35(42)32(44-25-13-14-25)29-20(2)16-27-33(30(29)21-8-11-24(37)12-9-21)45-34(38-27)22-10-15-28-26(17-22)31(39-40(28)6)23-18-41(19-23)36(3,4)5/h8-12,15-17,23,25,32H,7,13-14,18-19H2,1-6H3/t32-/m0/s1. The minimum absolute atomic E-state index is 0.0659. The van der Waals surface area contributed by atoms with Gasteiger partial charge in [-0.25, -0.2) is 9.78 Å². The number of benzene rings is 3. The topological polar surface area (TPSA) is 69.5 Å². The maximum absolute atomic E-state index is 13.4. The number of halogens is 1. The predicted octanol–water partition coefficient (Wildman–Crippen LogP) is 8.46. The number of fused-ring (bicyclic) bond motifs is 2. The summed E-state index contributed by atoms with van der Waals surface area (Å²) in [5.74, 6) is 0.0499. The van der Waals surface area contributed by atoms with Gasteiger partial charge in [-0.2, -0.15) is 5.10 Å². The molecule has 3 aromatic carbocycles. The number of carbonyl (C=O) groups excluding carboxylic acids is 1. The number of ether oxygens (including phenoxy) is 2. The summed E-state index contributed by atoms with van der Waals surface area (Å²) in [7, 11) is 2.02. The molecule has 2 aliphatic rings. The minimum atomic E-state index is -0.817. The molecule has 0 amide bonds. The van der Waals surface area contributed by atoms with Crippen molar-refractivity contribution in [3.05, 3.63) is 70.4 Å². The molecule has 0 bridgehead atoms. The van der Waals surface area contributed by atoms with Gasteiger partial charge in [-0.15, -0.1) is 11.3 Å². The van der Waals surface area contributed by atoms with Crippen LogP contribution in [-0.2, 0) is 21.3 Å². The summed E-state index contributed by atoms with van der Waals surface area (Å²) < 4.78 is 14.9. The van der Waals surface area contributed by atoms with Gasteiger partial charge in [-0.05, 0) is 95.0 Å². The Kier molecular flexibility index (Phi) is 7.76.